The standard InChI is InChI=1S/C18H29NO2/c1-3-10-19-16(14-20-11-4-2)13-18-17-8-6-5-7-15(17)9-12-21-18/h5-8,16,18-19H,3-4,9-14H2,1-2H3. The Labute approximate surface area is 129 Å². The molecule has 1 N–H and O–H groups in total. The molecule has 0 amide bonds. The molecule has 0 spiro atoms. The highest BCUT2D eigenvalue weighted by Crippen LogP contribution is 2.30. The van der Waals surface area contributed by atoms with Crippen molar-refractivity contribution in [3.8, 4) is 0 Å². The van der Waals surface area contributed by atoms with Gasteiger partial charge in [0.15, 0.2) is 0 Å². The lowest BCUT2D eigenvalue weighted by Gasteiger charge is -2.29. The SMILES string of the molecule is CCCNC(COCCC)CC1OCCc2ccccc21. The van der Waals surface area contributed by atoms with Gasteiger partial charge in [0.25, 0.3) is 0 Å². The highest BCUT2D eigenvalue weighted by Gasteiger charge is 2.23. The lowest BCUT2D eigenvalue weighted by Crippen LogP contribution is -2.36. The van der Waals surface area contributed by atoms with Crippen LogP contribution in [-0.2, 0) is 15.9 Å². The van der Waals surface area contributed by atoms with Crippen LogP contribution in [0.15, 0.2) is 24.3 Å². The second kappa shape index (κ2) is 9.19. The van der Waals surface area contributed by atoms with E-state index in [0.717, 1.165) is 52.0 Å². The van der Waals surface area contributed by atoms with Crippen molar-refractivity contribution < 1.29 is 9.47 Å². The summed E-state index contributed by atoms with van der Waals surface area (Å²) in [6, 6.07) is 9.05. The van der Waals surface area contributed by atoms with Gasteiger partial charge in [-0.25, -0.2) is 0 Å². The molecule has 118 valence electrons. The first kappa shape index (κ1) is 16.5. The molecule has 1 heterocycles. The van der Waals surface area contributed by atoms with Crippen molar-refractivity contribution in [1.82, 2.24) is 5.32 Å². The summed E-state index contributed by atoms with van der Waals surface area (Å²) in [4.78, 5) is 0. The second-order valence-electron chi connectivity index (χ2n) is 5.77. The zero-order chi connectivity index (χ0) is 14.9. The van der Waals surface area contributed by atoms with Crippen molar-refractivity contribution >= 4 is 0 Å². The van der Waals surface area contributed by atoms with Crippen LogP contribution in [-0.4, -0.2) is 32.4 Å². The average Bonchev–Trinajstić information content (AvgIpc) is 2.53. The number of ether oxygens (including phenoxy) is 2. The molecule has 0 radical (unpaired) electrons. The number of benzene rings is 1. The molecule has 3 heteroatoms. The Hall–Kier alpha value is -0.900. The van der Waals surface area contributed by atoms with Crippen LogP contribution >= 0.6 is 0 Å². The van der Waals surface area contributed by atoms with Crippen LogP contribution in [0, 0.1) is 0 Å². The first-order valence-electron chi connectivity index (χ1n) is 8.35. The Bertz CT molecular complexity index is 408. The maximum Gasteiger partial charge on any atom is 0.0843 e. The summed E-state index contributed by atoms with van der Waals surface area (Å²) in [5.74, 6) is 0. The smallest absolute Gasteiger partial charge is 0.0843 e. The predicted octanol–water partition coefficient (Wildman–Crippen LogP) is 3.49. The maximum atomic E-state index is 6.03. The third-order valence-corrected chi connectivity index (χ3v) is 3.94. The van der Waals surface area contributed by atoms with Gasteiger partial charge in [0.05, 0.1) is 19.3 Å². The normalized spacial score (nSPS) is 19.2. The molecule has 0 bridgehead atoms. The van der Waals surface area contributed by atoms with Crippen LogP contribution < -0.4 is 5.32 Å². The van der Waals surface area contributed by atoms with Crippen molar-refractivity contribution in [1.29, 1.82) is 0 Å². The Kier molecular flexibility index (Phi) is 7.20. The molecule has 21 heavy (non-hydrogen) atoms. The number of hydrogen-bond acceptors (Lipinski definition) is 3. The molecule has 0 aromatic heterocycles. The molecule has 0 aliphatic carbocycles. The van der Waals surface area contributed by atoms with Crippen molar-refractivity contribution in [2.24, 2.45) is 0 Å². The summed E-state index contributed by atoms with van der Waals surface area (Å²) >= 11 is 0. The molecule has 2 rings (SSSR count). The van der Waals surface area contributed by atoms with Crippen LogP contribution in [0.4, 0.5) is 0 Å². The predicted molar refractivity (Wildman–Crippen MR) is 86.6 cm³/mol. The van der Waals surface area contributed by atoms with Gasteiger partial charge < -0.3 is 14.8 Å². The molecule has 0 fully saturated rings. The Morgan fingerprint density at radius 3 is 2.95 bits per heavy atom. The van der Waals surface area contributed by atoms with Gasteiger partial charge in [0, 0.05) is 12.6 Å². The van der Waals surface area contributed by atoms with E-state index in [2.05, 4.69) is 43.4 Å². The summed E-state index contributed by atoms with van der Waals surface area (Å²) in [5, 5.41) is 3.60. The molecule has 1 aliphatic rings. The minimum absolute atomic E-state index is 0.203. The number of hydrogen-bond donors (Lipinski definition) is 1. The summed E-state index contributed by atoms with van der Waals surface area (Å²) in [7, 11) is 0. The summed E-state index contributed by atoms with van der Waals surface area (Å²) in [5.41, 5.74) is 2.81. The van der Waals surface area contributed by atoms with Crippen molar-refractivity contribution in [2.45, 2.75) is 51.7 Å². The van der Waals surface area contributed by atoms with E-state index in [1.54, 1.807) is 0 Å². The summed E-state index contributed by atoms with van der Waals surface area (Å²) in [6.45, 7) is 7.83. The van der Waals surface area contributed by atoms with Crippen molar-refractivity contribution in [2.75, 3.05) is 26.4 Å². The molecule has 3 nitrogen and oxygen atoms in total. The van der Waals surface area contributed by atoms with Crippen LogP contribution in [0.3, 0.4) is 0 Å². The zero-order valence-electron chi connectivity index (χ0n) is 13.4. The topological polar surface area (TPSA) is 30.5 Å². The molecule has 1 aromatic carbocycles. The molecule has 0 saturated carbocycles. The van der Waals surface area contributed by atoms with E-state index < -0.39 is 0 Å². The van der Waals surface area contributed by atoms with Gasteiger partial charge in [0.1, 0.15) is 0 Å². The summed E-state index contributed by atoms with van der Waals surface area (Å²) in [6.07, 6.45) is 4.44. The van der Waals surface area contributed by atoms with E-state index in [1.165, 1.54) is 11.1 Å². The van der Waals surface area contributed by atoms with Crippen molar-refractivity contribution in [3.05, 3.63) is 35.4 Å². The lowest BCUT2D eigenvalue weighted by atomic mass is 9.93. The number of nitrogens with one attached hydrogen (secondary N) is 1. The van der Waals surface area contributed by atoms with Gasteiger partial charge in [-0.2, -0.15) is 0 Å². The monoisotopic (exact) mass is 291 g/mol. The highest BCUT2D eigenvalue weighted by molar-refractivity contribution is 5.31. The fourth-order valence-corrected chi connectivity index (χ4v) is 2.86. The van der Waals surface area contributed by atoms with Gasteiger partial charge in [-0.3, -0.25) is 0 Å². The molecule has 2 unspecified atom stereocenters. The fourth-order valence-electron chi connectivity index (χ4n) is 2.86. The lowest BCUT2D eigenvalue weighted by molar-refractivity contribution is 0.0171. The Morgan fingerprint density at radius 2 is 2.14 bits per heavy atom. The van der Waals surface area contributed by atoms with Gasteiger partial charge in [-0.05, 0) is 43.4 Å². The van der Waals surface area contributed by atoms with Crippen LogP contribution in [0.5, 0.6) is 0 Å². The second-order valence-corrected chi connectivity index (χ2v) is 5.77. The maximum absolute atomic E-state index is 6.03. The summed E-state index contributed by atoms with van der Waals surface area (Å²) < 4.78 is 11.8. The molecular formula is C18H29NO2. The minimum atomic E-state index is 0.203. The largest absolute Gasteiger partial charge is 0.380 e. The fraction of sp³-hybridized carbons (Fsp3) is 0.667. The van der Waals surface area contributed by atoms with E-state index in [4.69, 9.17) is 9.47 Å². The van der Waals surface area contributed by atoms with E-state index in [-0.39, 0.29) is 6.10 Å². The molecule has 1 aromatic rings. The van der Waals surface area contributed by atoms with Gasteiger partial charge in [-0.1, -0.05) is 38.1 Å². The molecule has 1 aliphatic heterocycles. The number of fused-ring (bicyclic) bond motifs is 1. The van der Waals surface area contributed by atoms with Crippen molar-refractivity contribution in [3.63, 3.8) is 0 Å². The zero-order valence-corrected chi connectivity index (χ0v) is 13.4. The average molecular weight is 291 g/mol. The van der Waals surface area contributed by atoms with Crippen LogP contribution in [0.25, 0.3) is 0 Å². The minimum Gasteiger partial charge on any atom is -0.380 e. The molecule has 2 atom stereocenters. The first-order chi connectivity index (χ1) is 10.3. The van der Waals surface area contributed by atoms with Crippen LogP contribution in [0.2, 0.25) is 0 Å². The van der Waals surface area contributed by atoms with Gasteiger partial charge >= 0.3 is 0 Å². The van der Waals surface area contributed by atoms with Gasteiger partial charge in [-0.15, -0.1) is 0 Å². The third kappa shape index (κ3) is 5.10. The third-order valence-electron chi connectivity index (χ3n) is 3.94. The quantitative estimate of drug-likeness (QED) is 0.707. The highest BCUT2D eigenvalue weighted by atomic mass is 16.5. The Balaban J connectivity index is 1.95. The van der Waals surface area contributed by atoms with E-state index in [9.17, 15) is 0 Å². The van der Waals surface area contributed by atoms with E-state index >= 15 is 0 Å². The number of rotatable bonds is 9. The van der Waals surface area contributed by atoms with Crippen LogP contribution in [0.1, 0.15) is 50.3 Å². The van der Waals surface area contributed by atoms with Gasteiger partial charge in [0.2, 0.25) is 0 Å². The van der Waals surface area contributed by atoms with E-state index in [1.807, 2.05) is 0 Å². The Morgan fingerprint density at radius 1 is 1.29 bits per heavy atom. The molecular weight excluding hydrogens is 262 g/mol. The molecule has 0 saturated heterocycles. The first-order valence-corrected chi connectivity index (χ1v) is 8.35. The van der Waals surface area contributed by atoms with E-state index in [0.29, 0.717) is 6.04 Å².